The molecule has 2 aliphatic rings. The second-order valence-corrected chi connectivity index (χ2v) is 9.72. The lowest BCUT2D eigenvalue weighted by molar-refractivity contribution is -0.136. The summed E-state index contributed by atoms with van der Waals surface area (Å²) in [7, 11) is 0. The Morgan fingerprint density at radius 2 is 1.88 bits per heavy atom. The highest BCUT2D eigenvalue weighted by Gasteiger charge is 2.37. The average molecular weight is 523 g/mol. The molecule has 166 valence electrons. The highest BCUT2D eigenvalue weighted by Crippen LogP contribution is 2.34. The van der Waals surface area contributed by atoms with Crippen molar-refractivity contribution in [2.75, 3.05) is 13.1 Å². The van der Waals surface area contributed by atoms with Gasteiger partial charge in [-0.1, -0.05) is 52.3 Å². The van der Waals surface area contributed by atoms with Crippen LogP contribution in [-0.4, -0.2) is 39.9 Å². The van der Waals surface area contributed by atoms with E-state index in [1.807, 2.05) is 48.5 Å². The smallest absolute Gasteiger partial charge is 0.294 e. The minimum atomic E-state index is -0.476. The number of amides is 3. The maximum absolute atomic E-state index is 12.9. The molecule has 2 aromatic carbocycles. The molecule has 0 aliphatic carbocycles. The molecule has 1 aromatic heterocycles. The van der Waals surface area contributed by atoms with Gasteiger partial charge in [-0.05, 0) is 53.6 Å². The van der Waals surface area contributed by atoms with Gasteiger partial charge in [-0.15, -0.1) is 0 Å². The van der Waals surface area contributed by atoms with E-state index < -0.39 is 11.1 Å². The third-order valence-electron chi connectivity index (χ3n) is 5.66. The van der Waals surface area contributed by atoms with Crippen molar-refractivity contribution in [2.45, 2.75) is 13.0 Å². The molecule has 6 nitrogen and oxygen atoms in total. The van der Waals surface area contributed by atoms with E-state index in [1.54, 1.807) is 17.0 Å². The second-order valence-electron chi connectivity index (χ2n) is 7.81. The molecule has 0 saturated carbocycles. The predicted octanol–water partition coefficient (Wildman–Crippen LogP) is 5.33. The number of carbonyl (C=O) groups excluding carboxylic acids is 3. The Labute approximate surface area is 203 Å². The lowest BCUT2D eigenvalue weighted by Gasteiger charge is -2.29. The van der Waals surface area contributed by atoms with Crippen LogP contribution in [0.25, 0.3) is 17.4 Å². The van der Waals surface area contributed by atoms with Crippen LogP contribution in [0, 0.1) is 0 Å². The van der Waals surface area contributed by atoms with E-state index in [-0.39, 0.29) is 17.4 Å². The number of imide groups is 1. The topological polar surface area (TPSA) is 70.8 Å². The maximum Gasteiger partial charge on any atom is 0.294 e. The number of nitrogens with zero attached hydrogens (tertiary/aromatic N) is 2. The molecule has 0 unspecified atom stereocenters. The van der Waals surface area contributed by atoms with Crippen LogP contribution in [0.1, 0.15) is 16.9 Å². The summed E-state index contributed by atoms with van der Waals surface area (Å²) in [6.07, 6.45) is 2.32. The van der Waals surface area contributed by atoms with Crippen LogP contribution in [0.3, 0.4) is 0 Å². The van der Waals surface area contributed by atoms with Crippen molar-refractivity contribution in [3.8, 4) is 11.3 Å². The van der Waals surface area contributed by atoms with E-state index in [0.29, 0.717) is 24.6 Å². The Balaban J connectivity index is 1.28. The first-order valence-electron chi connectivity index (χ1n) is 10.4. The molecule has 33 heavy (non-hydrogen) atoms. The van der Waals surface area contributed by atoms with Crippen molar-refractivity contribution in [3.63, 3.8) is 0 Å². The van der Waals surface area contributed by atoms with E-state index in [1.165, 1.54) is 5.56 Å². The molecular formula is C25H19BrN2O4S. The van der Waals surface area contributed by atoms with Crippen molar-refractivity contribution in [1.29, 1.82) is 0 Å². The number of fused-ring (bicyclic) bond motifs is 1. The summed E-state index contributed by atoms with van der Waals surface area (Å²) in [6, 6.07) is 19.3. The molecule has 1 saturated heterocycles. The zero-order chi connectivity index (χ0) is 22.9. The molecule has 0 radical (unpaired) electrons. The molecule has 3 amide bonds. The van der Waals surface area contributed by atoms with Gasteiger partial charge in [0.2, 0.25) is 5.91 Å². The Bertz CT molecular complexity index is 1300. The predicted molar refractivity (Wildman–Crippen MR) is 130 cm³/mol. The Kier molecular flexibility index (Phi) is 5.95. The molecule has 0 spiro atoms. The SMILES string of the molecule is O=C(CN1C(=O)S/C(=C\c2ccc(-c3cccc(Br)c3)o2)C1=O)N1CCc2ccccc2C1. The fourth-order valence-electron chi connectivity index (χ4n) is 3.94. The number of benzene rings is 2. The van der Waals surface area contributed by atoms with E-state index in [9.17, 15) is 14.4 Å². The number of hydrogen-bond acceptors (Lipinski definition) is 5. The van der Waals surface area contributed by atoms with Crippen LogP contribution in [0.2, 0.25) is 0 Å². The van der Waals surface area contributed by atoms with Crippen LogP contribution in [0.15, 0.2) is 74.5 Å². The Morgan fingerprint density at radius 1 is 1.06 bits per heavy atom. The van der Waals surface area contributed by atoms with Crippen LogP contribution in [0.5, 0.6) is 0 Å². The van der Waals surface area contributed by atoms with Crippen LogP contribution >= 0.6 is 27.7 Å². The number of rotatable bonds is 4. The fraction of sp³-hybridized carbons (Fsp3) is 0.160. The van der Waals surface area contributed by atoms with Gasteiger partial charge >= 0.3 is 0 Å². The van der Waals surface area contributed by atoms with Gasteiger partial charge in [-0.2, -0.15) is 0 Å². The molecule has 2 aliphatic heterocycles. The Morgan fingerprint density at radius 3 is 2.70 bits per heavy atom. The van der Waals surface area contributed by atoms with Gasteiger partial charge < -0.3 is 9.32 Å². The van der Waals surface area contributed by atoms with Crippen LogP contribution in [-0.2, 0) is 22.6 Å². The van der Waals surface area contributed by atoms with Crippen molar-refractivity contribution in [3.05, 3.63) is 86.9 Å². The van der Waals surface area contributed by atoms with Crippen LogP contribution < -0.4 is 0 Å². The van der Waals surface area contributed by atoms with Gasteiger partial charge in [0.15, 0.2) is 0 Å². The van der Waals surface area contributed by atoms with E-state index in [0.717, 1.165) is 38.7 Å². The first-order chi connectivity index (χ1) is 16.0. The van der Waals surface area contributed by atoms with Gasteiger partial charge in [0.1, 0.15) is 18.1 Å². The minimum Gasteiger partial charge on any atom is -0.457 e. The number of thioether (sulfide) groups is 1. The van der Waals surface area contributed by atoms with Gasteiger partial charge in [0, 0.05) is 29.2 Å². The van der Waals surface area contributed by atoms with Crippen molar-refractivity contribution in [1.82, 2.24) is 9.80 Å². The molecular weight excluding hydrogens is 504 g/mol. The number of halogens is 1. The van der Waals surface area contributed by atoms with Gasteiger partial charge in [0.25, 0.3) is 11.1 Å². The third kappa shape index (κ3) is 4.54. The fourth-order valence-corrected chi connectivity index (χ4v) is 5.15. The minimum absolute atomic E-state index is 0.233. The first kappa shape index (κ1) is 21.7. The van der Waals surface area contributed by atoms with Gasteiger partial charge in [-0.3, -0.25) is 19.3 Å². The molecule has 0 atom stereocenters. The number of furan rings is 1. The summed E-state index contributed by atoms with van der Waals surface area (Å²) >= 11 is 4.26. The third-order valence-corrected chi connectivity index (χ3v) is 7.06. The zero-order valence-electron chi connectivity index (χ0n) is 17.5. The molecule has 8 heteroatoms. The summed E-state index contributed by atoms with van der Waals surface area (Å²) in [5.41, 5.74) is 3.23. The molecule has 0 N–H and O–H groups in total. The summed E-state index contributed by atoms with van der Waals surface area (Å²) in [6.45, 7) is 0.810. The van der Waals surface area contributed by atoms with E-state index in [4.69, 9.17) is 4.42 Å². The van der Waals surface area contributed by atoms with Gasteiger partial charge in [0.05, 0.1) is 4.91 Å². The first-order valence-corrected chi connectivity index (χ1v) is 12.0. The largest absolute Gasteiger partial charge is 0.457 e. The normalized spacial score (nSPS) is 17.1. The summed E-state index contributed by atoms with van der Waals surface area (Å²) in [4.78, 5) is 41.1. The van der Waals surface area contributed by atoms with E-state index in [2.05, 4.69) is 22.0 Å². The highest BCUT2D eigenvalue weighted by molar-refractivity contribution is 9.10. The second kappa shape index (κ2) is 9.03. The number of carbonyl (C=O) groups is 3. The molecule has 3 aromatic rings. The van der Waals surface area contributed by atoms with E-state index >= 15 is 0 Å². The summed E-state index contributed by atoms with van der Waals surface area (Å²) in [5.74, 6) is 0.413. The van der Waals surface area contributed by atoms with Crippen molar-refractivity contribution < 1.29 is 18.8 Å². The quantitative estimate of drug-likeness (QED) is 0.433. The standard InChI is InChI=1S/C25H19BrN2O4S/c26-19-7-3-6-17(12-19)21-9-8-20(32-21)13-22-24(30)28(25(31)33-22)15-23(29)27-11-10-16-4-1-2-5-18(16)14-27/h1-9,12-13H,10-11,14-15H2/b22-13-. The Hall–Kier alpha value is -3.10. The van der Waals surface area contributed by atoms with Crippen molar-refractivity contribution >= 4 is 50.8 Å². The zero-order valence-corrected chi connectivity index (χ0v) is 19.9. The monoisotopic (exact) mass is 522 g/mol. The van der Waals surface area contributed by atoms with Gasteiger partial charge in [-0.25, -0.2) is 0 Å². The molecule has 0 bridgehead atoms. The number of hydrogen-bond donors (Lipinski definition) is 0. The average Bonchev–Trinajstić information content (AvgIpc) is 3.39. The van der Waals surface area contributed by atoms with Crippen molar-refractivity contribution in [2.24, 2.45) is 0 Å². The maximum atomic E-state index is 12.9. The molecule has 5 rings (SSSR count). The highest BCUT2D eigenvalue weighted by atomic mass is 79.9. The van der Waals surface area contributed by atoms with Crippen LogP contribution in [0.4, 0.5) is 4.79 Å². The molecule has 3 heterocycles. The lowest BCUT2D eigenvalue weighted by atomic mass is 10.00. The lowest BCUT2D eigenvalue weighted by Crippen LogP contribution is -2.44. The molecule has 1 fully saturated rings. The summed E-state index contributed by atoms with van der Waals surface area (Å²) in [5, 5.41) is -0.448. The summed E-state index contributed by atoms with van der Waals surface area (Å²) < 4.78 is 6.78.